The number of carbonyl (C=O) groups is 2. The first kappa shape index (κ1) is 22.7. The predicted octanol–water partition coefficient (Wildman–Crippen LogP) is 4.92. The van der Waals surface area contributed by atoms with Gasteiger partial charge in [0.25, 0.3) is 0 Å². The average molecular weight is 337 g/mol. The Morgan fingerprint density at radius 1 is 1.00 bits per heavy atom. The van der Waals surface area contributed by atoms with E-state index in [0.29, 0.717) is 0 Å². The lowest BCUT2D eigenvalue weighted by Gasteiger charge is -1.98. The molecule has 0 spiro atoms. The van der Waals surface area contributed by atoms with E-state index in [1.807, 2.05) is 18.2 Å². The van der Waals surface area contributed by atoms with Crippen LogP contribution < -0.4 is 0 Å². The molecule has 0 saturated carbocycles. The first-order chi connectivity index (χ1) is 10.6. The minimum atomic E-state index is -0.935. The van der Waals surface area contributed by atoms with Crippen LogP contribution in [0.3, 0.4) is 0 Å². The van der Waals surface area contributed by atoms with Crippen LogP contribution in [0.15, 0.2) is 55.7 Å². The largest absolute Gasteiger partial charge is 0.478 e. The molecule has 1 rings (SSSR count). The Labute approximate surface area is 141 Å². The zero-order chi connectivity index (χ0) is 18.6. The molecule has 124 valence electrons. The molecule has 1 aromatic carbocycles. The second kappa shape index (κ2) is 12.0. The van der Waals surface area contributed by atoms with Gasteiger partial charge in [0.15, 0.2) is 0 Å². The number of hydrogen-bond donors (Lipinski definition) is 2. The highest BCUT2D eigenvalue weighted by Gasteiger charge is 1.94. The van der Waals surface area contributed by atoms with Crippen molar-refractivity contribution in [3.05, 3.63) is 71.8 Å². The van der Waals surface area contributed by atoms with Gasteiger partial charge in [0, 0.05) is 16.2 Å². The van der Waals surface area contributed by atoms with Crippen LogP contribution in [0.5, 0.6) is 0 Å². The molecule has 0 aliphatic heterocycles. The Morgan fingerprint density at radius 2 is 1.39 bits per heavy atom. The third-order valence-electron chi connectivity index (χ3n) is 2.21. The van der Waals surface area contributed by atoms with E-state index in [4.69, 9.17) is 21.8 Å². The molecule has 0 aliphatic carbocycles. The Bertz CT molecular complexity index is 567. The summed E-state index contributed by atoms with van der Waals surface area (Å²) in [5, 5.41) is 16.5. The maximum Gasteiger partial charge on any atom is 0.330 e. The van der Waals surface area contributed by atoms with Gasteiger partial charge < -0.3 is 10.2 Å². The summed E-state index contributed by atoms with van der Waals surface area (Å²) >= 11 is 5.89. The summed E-state index contributed by atoms with van der Waals surface area (Å²) in [6.07, 6.45) is 3.49. The molecule has 0 amide bonds. The van der Waals surface area contributed by atoms with Crippen LogP contribution in [-0.4, -0.2) is 22.2 Å². The van der Waals surface area contributed by atoms with Crippen LogP contribution in [-0.2, 0) is 9.59 Å². The smallest absolute Gasteiger partial charge is 0.330 e. The van der Waals surface area contributed by atoms with Gasteiger partial charge in [-0.1, -0.05) is 62.2 Å². The number of halogens is 1. The van der Waals surface area contributed by atoms with Gasteiger partial charge >= 0.3 is 11.9 Å². The lowest BCUT2D eigenvalue weighted by molar-refractivity contribution is -0.133. The topological polar surface area (TPSA) is 74.6 Å². The van der Waals surface area contributed by atoms with Crippen molar-refractivity contribution < 1.29 is 19.8 Å². The highest BCUT2D eigenvalue weighted by atomic mass is 35.5. The van der Waals surface area contributed by atoms with E-state index in [1.54, 1.807) is 12.2 Å². The normalized spacial score (nSPS) is 8.30. The monoisotopic (exact) mass is 336 g/mol. The molecule has 0 radical (unpaired) electrons. The van der Waals surface area contributed by atoms with Crippen LogP contribution in [0.1, 0.15) is 25.0 Å². The van der Waals surface area contributed by atoms with E-state index in [-0.39, 0.29) is 11.1 Å². The zero-order valence-electron chi connectivity index (χ0n) is 13.3. The van der Waals surface area contributed by atoms with E-state index < -0.39 is 11.9 Å². The SMILES string of the molecule is C=C(C)C(=O)O.C=C(C)C(=O)O.C=Cc1ccc(C=C)c(Cl)c1. The Morgan fingerprint density at radius 3 is 1.61 bits per heavy atom. The van der Waals surface area contributed by atoms with Crippen molar-refractivity contribution >= 4 is 35.7 Å². The first-order valence-electron chi connectivity index (χ1n) is 6.38. The van der Waals surface area contributed by atoms with E-state index in [9.17, 15) is 9.59 Å². The Balaban J connectivity index is 0. The summed E-state index contributed by atoms with van der Waals surface area (Å²) in [5.41, 5.74) is 2.34. The minimum Gasteiger partial charge on any atom is -0.478 e. The lowest BCUT2D eigenvalue weighted by Crippen LogP contribution is -1.92. The molecular formula is C18H21ClO4. The van der Waals surface area contributed by atoms with Gasteiger partial charge in [0.2, 0.25) is 0 Å². The van der Waals surface area contributed by atoms with Gasteiger partial charge in [-0.2, -0.15) is 0 Å². The first-order valence-corrected chi connectivity index (χ1v) is 6.76. The van der Waals surface area contributed by atoms with Gasteiger partial charge in [0.05, 0.1) is 0 Å². The number of rotatable bonds is 4. The average Bonchev–Trinajstić information content (AvgIpc) is 2.48. The summed E-state index contributed by atoms with van der Waals surface area (Å²) in [6, 6.07) is 5.74. The number of carboxylic acid groups (broad SMARTS) is 2. The summed E-state index contributed by atoms with van der Waals surface area (Å²) in [6.45, 7) is 16.5. The van der Waals surface area contributed by atoms with Crippen molar-refractivity contribution in [2.75, 3.05) is 0 Å². The molecule has 0 atom stereocenters. The fourth-order valence-corrected chi connectivity index (χ4v) is 1.10. The molecule has 0 fully saturated rings. The van der Waals surface area contributed by atoms with E-state index >= 15 is 0 Å². The fraction of sp³-hybridized carbons (Fsp3) is 0.111. The summed E-state index contributed by atoms with van der Waals surface area (Å²) in [7, 11) is 0. The van der Waals surface area contributed by atoms with Gasteiger partial charge in [0.1, 0.15) is 0 Å². The predicted molar refractivity (Wildman–Crippen MR) is 96.5 cm³/mol. The molecule has 2 N–H and O–H groups in total. The van der Waals surface area contributed by atoms with Crippen LogP contribution >= 0.6 is 11.6 Å². The van der Waals surface area contributed by atoms with E-state index in [0.717, 1.165) is 16.1 Å². The Kier molecular flexibility index (Phi) is 11.8. The highest BCUT2D eigenvalue weighted by Crippen LogP contribution is 2.18. The molecule has 5 heteroatoms. The van der Waals surface area contributed by atoms with Crippen molar-refractivity contribution in [3.8, 4) is 0 Å². The molecule has 1 aromatic rings. The summed E-state index contributed by atoms with van der Waals surface area (Å²) < 4.78 is 0. The number of benzene rings is 1. The summed E-state index contributed by atoms with van der Waals surface area (Å²) in [4.78, 5) is 19.2. The van der Waals surface area contributed by atoms with Crippen LogP contribution in [0.4, 0.5) is 0 Å². The van der Waals surface area contributed by atoms with Crippen molar-refractivity contribution in [1.82, 2.24) is 0 Å². The van der Waals surface area contributed by atoms with Crippen LogP contribution in [0, 0.1) is 0 Å². The molecule has 0 aliphatic rings. The fourth-order valence-electron chi connectivity index (χ4n) is 0.836. The quantitative estimate of drug-likeness (QED) is 0.765. The second-order valence-corrected chi connectivity index (χ2v) is 4.77. The highest BCUT2D eigenvalue weighted by molar-refractivity contribution is 6.32. The maximum absolute atomic E-state index is 9.60. The molecule has 4 nitrogen and oxygen atoms in total. The second-order valence-electron chi connectivity index (χ2n) is 4.36. The van der Waals surface area contributed by atoms with E-state index in [1.165, 1.54) is 13.8 Å². The van der Waals surface area contributed by atoms with Gasteiger partial charge in [-0.05, 0) is 31.0 Å². The molecule has 0 aromatic heterocycles. The van der Waals surface area contributed by atoms with Crippen molar-refractivity contribution in [2.24, 2.45) is 0 Å². The number of hydrogen-bond acceptors (Lipinski definition) is 2. The molecule has 0 saturated heterocycles. The van der Waals surface area contributed by atoms with Crippen LogP contribution in [0.25, 0.3) is 12.2 Å². The molecule has 0 heterocycles. The molecule has 23 heavy (non-hydrogen) atoms. The summed E-state index contributed by atoms with van der Waals surface area (Å²) in [5.74, 6) is -1.87. The standard InChI is InChI=1S/C10H9Cl.2C4H6O2/c1-3-8-5-6-9(4-2)10(11)7-8;2*1-3(2)4(5)6/h3-7H,1-2H2;2*1H2,2H3,(H,5,6). The zero-order valence-corrected chi connectivity index (χ0v) is 14.1. The van der Waals surface area contributed by atoms with Gasteiger partial charge in [-0.15, -0.1) is 0 Å². The number of aliphatic carboxylic acids is 2. The van der Waals surface area contributed by atoms with Gasteiger partial charge in [-0.3, -0.25) is 0 Å². The van der Waals surface area contributed by atoms with Crippen molar-refractivity contribution in [2.45, 2.75) is 13.8 Å². The lowest BCUT2D eigenvalue weighted by atomic mass is 10.1. The van der Waals surface area contributed by atoms with Crippen molar-refractivity contribution in [1.29, 1.82) is 0 Å². The molecule has 0 unspecified atom stereocenters. The minimum absolute atomic E-state index is 0.176. The Hall–Kier alpha value is -2.59. The third-order valence-corrected chi connectivity index (χ3v) is 2.54. The third kappa shape index (κ3) is 11.7. The van der Waals surface area contributed by atoms with E-state index in [2.05, 4.69) is 26.3 Å². The maximum atomic E-state index is 9.60. The van der Waals surface area contributed by atoms with Gasteiger partial charge in [-0.25, -0.2) is 9.59 Å². The molecule has 0 bridgehead atoms. The molecular weight excluding hydrogens is 316 g/mol. The van der Waals surface area contributed by atoms with Crippen molar-refractivity contribution in [3.63, 3.8) is 0 Å². The van der Waals surface area contributed by atoms with Crippen LogP contribution in [0.2, 0.25) is 5.02 Å². The number of carboxylic acids is 2.